The number of ether oxygens (including phenoxy) is 1. The molecule has 1 aliphatic rings. The SMILES string of the molecule is CCCN(CC(=O)OC)C(=O)[C@@H]1CNC[C@H]1C. The van der Waals surface area contributed by atoms with Crippen molar-refractivity contribution < 1.29 is 14.3 Å². The molecule has 17 heavy (non-hydrogen) atoms. The summed E-state index contributed by atoms with van der Waals surface area (Å²) in [5.74, 6) is 0.0332. The summed E-state index contributed by atoms with van der Waals surface area (Å²) in [5.41, 5.74) is 0. The zero-order valence-electron chi connectivity index (χ0n) is 10.9. The maximum Gasteiger partial charge on any atom is 0.325 e. The summed E-state index contributed by atoms with van der Waals surface area (Å²) in [7, 11) is 1.34. The Morgan fingerprint density at radius 3 is 2.59 bits per heavy atom. The molecule has 0 aromatic rings. The molecule has 1 N–H and O–H groups in total. The fourth-order valence-electron chi connectivity index (χ4n) is 2.13. The van der Waals surface area contributed by atoms with E-state index < -0.39 is 0 Å². The Labute approximate surface area is 102 Å². The van der Waals surface area contributed by atoms with Gasteiger partial charge in [0.05, 0.1) is 13.0 Å². The van der Waals surface area contributed by atoms with Gasteiger partial charge in [0.2, 0.25) is 5.91 Å². The van der Waals surface area contributed by atoms with Gasteiger partial charge in [-0.15, -0.1) is 0 Å². The summed E-state index contributed by atoms with van der Waals surface area (Å²) < 4.78 is 4.62. The number of carbonyl (C=O) groups is 2. The van der Waals surface area contributed by atoms with Crippen molar-refractivity contribution in [2.45, 2.75) is 20.3 Å². The second-order valence-corrected chi connectivity index (χ2v) is 4.58. The van der Waals surface area contributed by atoms with E-state index in [0.29, 0.717) is 19.0 Å². The first-order chi connectivity index (χ1) is 8.10. The van der Waals surface area contributed by atoms with Gasteiger partial charge in [0, 0.05) is 13.1 Å². The number of carbonyl (C=O) groups excluding carboxylic acids is 2. The molecule has 1 amide bonds. The lowest BCUT2D eigenvalue weighted by Crippen LogP contribution is -2.42. The monoisotopic (exact) mass is 242 g/mol. The van der Waals surface area contributed by atoms with Gasteiger partial charge >= 0.3 is 5.97 Å². The highest BCUT2D eigenvalue weighted by Gasteiger charge is 2.33. The van der Waals surface area contributed by atoms with E-state index in [-0.39, 0.29) is 24.3 Å². The van der Waals surface area contributed by atoms with Gasteiger partial charge in [-0.2, -0.15) is 0 Å². The molecular weight excluding hydrogens is 220 g/mol. The smallest absolute Gasteiger partial charge is 0.325 e. The Morgan fingerprint density at radius 2 is 2.12 bits per heavy atom. The molecule has 1 heterocycles. The van der Waals surface area contributed by atoms with Crippen LogP contribution in [0.4, 0.5) is 0 Å². The highest BCUT2D eigenvalue weighted by Crippen LogP contribution is 2.18. The van der Waals surface area contributed by atoms with Crippen LogP contribution in [0.15, 0.2) is 0 Å². The molecule has 5 nitrogen and oxygen atoms in total. The molecule has 1 aliphatic heterocycles. The molecule has 1 rings (SSSR count). The van der Waals surface area contributed by atoms with Crippen molar-refractivity contribution >= 4 is 11.9 Å². The van der Waals surface area contributed by atoms with Crippen LogP contribution in [0.2, 0.25) is 0 Å². The van der Waals surface area contributed by atoms with Gasteiger partial charge in [-0.3, -0.25) is 9.59 Å². The number of hydrogen-bond acceptors (Lipinski definition) is 4. The fraction of sp³-hybridized carbons (Fsp3) is 0.833. The van der Waals surface area contributed by atoms with E-state index >= 15 is 0 Å². The minimum atomic E-state index is -0.356. The van der Waals surface area contributed by atoms with Crippen LogP contribution in [0.1, 0.15) is 20.3 Å². The van der Waals surface area contributed by atoms with E-state index in [1.165, 1.54) is 7.11 Å². The average molecular weight is 242 g/mol. The summed E-state index contributed by atoms with van der Waals surface area (Å²) in [5, 5.41) is 3.20. The molecule has 5 heteroatoms. The number of nitrogens with one attached hydrogen (secondary N) is 1. The van der Waals surface area contributed by atoms with E-state index in [1.807, 2.05) is 6.92 Å². The third-order valence-electron chi connectivity index (χ3n) is 3.19. The van der Waals surface area contributed by atoms with Crippen LogP contribution >= 0.6 is 0 Å². The lowest BCUT2D eigenvalue weighted by molar-refractivity contribution is -0.148. The molecule has 98 valence electrons. The highest BCUT2D eigenvalue weighted by molar-refractivity contribution is 5.84. The first kappa shape index (κ1) is 14.0. The number of hydrogen-bond donors (Lipinski definition) is 1. The number of methoxy groups -OCH3 is 1. The maximum atomic E-state index is 12.3. The summed E-state index contributed by atoms with van der Waals surface area (Å²) >= 11 is 0. The van der Waals surface area contributed by atoms with Crippen LogP contribution in [0.25, 0.3) is 0 Å². The van der Waals surface area contributed by atoms with E-state index in [2.05, 4.69) is 17.0 Å². The van der Waals surface area contributed by atoms with Crippen LogP contribution in [-0.4, -0.2) is 50.1 Å². The summed E-state index contributed by atoms with van der Waals surface area (Å²) in [6.07, 6.45) is 0.845. The predicted molar refractivity (Wildman–Crippen MR) is 64.4 cm³/mol. The van der Waals surface area contributed by atoms with E-state index in [4.69, 9.17) is 0 Å². The molecule has 0 radical (unpaired) electrons. The van der Waals surface area contributed by atoms with E-state index in [0.717, 1.165) is 13.0 Å². The van der Waals surface area contributed by atoms with Crippen LogP contribution in [0, 0.1) is 11.8 Å². The number of nitrogens with zero attached hydrogens (tertiary/aromatic N) is 1. The van der Waals surface area contributed by atoms with Gasteiger partial charge in [0.1, 0.15) is 6.54 Å². The zero-order valence-corrected chi connectivity index (χ0v) is 10.9. The number of esters is 1. The van der Waals surface area contributed by atoms with Gasteiger partial charge in [-0.25, -0.2) is 0 Å². The van der Waals surface area contributed by atoms with Crippen molar-refractivity contribution in [3.8, 4) is 0 Å². The molecule has 0 aromatic heterocycles. The highest BCUT2D eigenvalue weighted by atomic mass is 16.5. The molecule has 0 spiro atoms. The van der Waals surface area contributed by atoms with Crippen LogP contribution < -0.4 is 5.32 Å². The average Bonchev–Trinajstić information content (AvgIpc) is 2.73. The number of rotatable bonds is 5. The van der Waals surface area contributed by atoms with Crippen molar-refractivity contribution in [1.29, 1.82) is 0 Å². The first-order valence-corrected chi connectivity index (χ1v) is 6.16. The van der Waals surface area contributed by atoms with Crippen molar-refractivity contribution in [1.82, 2.24) is 10.2 Å². The van der Waals surface area contributed by atoms with Gasteiger partial charge in [0.15, 0.2) is 0 Å². The minimum Gasteiger partial charge on any atom is -0.468 e. The zero-order chi connectivity index (χ0) is 12.8. The maximum absolute atomic E-state index is 12.3. The predicted octanol–water partition coefficient (Wildman–Crippen LogP) is 0.254. The van der Waals surface area contributed by atoms with E-state index in [1.54, 1.807) is 4.90 Å². The van der Waals surface area contributed by atoms with Crippen LogP contribution in [-0.2, 0) is 14.3 Å². The summed E-state index contributed by atoms with van der Waals surface area (Å²) in [6, 6.07) is 0. The minimum absolute atomic E-state index is 0.00814. The normalized spacial score (nSPS) is 23.5. The Bertz CT molecular complexity index is 281. The molecule has 0 aromatic carbocycles. The molecular formula is C12H22N2O3. The summed E-state index contributed by atoms with van der Waals surface area (Å²) in [6.45, 7) is 6.30. The van der Waals surface area contributed by atoms with E-state index in [9.17, 15) is 9.59 Å². The second-order valence-electron chi connectivity index (χ2n) is 4.58. The third kappa shape index (κ3) is 3.70. The number of amides is 1. The van der Waals surface area contributed by atoms with Crippen LogP contribution in [0.5, 0.6) is 0 Å². The Hall–Kier alpha value is -1.10. The Morgan fingerprint density at radius 1 is 1.41 bits per heavy atom. The van der Waals surface area contributed by atoms with Gasteiger partial charge in [-0.1, -0.05) is 13.8 Å². The lowest BCUT2D eigenvalue weighted by atomic mass is 9.96. The molecule has 2 atom stereocenters. The molecule has 0 saturated carbocycles. The molecule has 1 saturated heterocycles. The molecule has 0 bridgehead atoms. The van der Waals surface area contributed by atoms with Crippen molar-refractivity contribution in [2.75, 3.05) is 33.3 Å². The topological polar surface area (TPSA) is 58.6 Å². The summed E-state index contributed by atoms with van der Waals surface area (Å²) in [4.78, 5) is 25.2. The second kappa shape index (κ2) is 6.59. The van der Waals surface area contributed by atoms with Gasteiger partial charge in [-0.05, 0) is 18.9 Å². The third-order valence-corrected chi connectivity index (χ3v) is 3.19. The van der Waals surface area contributed by atoms with Crippen molar-refractivity contribution in [3.63, 3.8) is 0 Å². The van der Waals surface area contributed by atoms with Crippen LogP contribution in [0.3, 0.4) is 0 Å². The quantitative estimate of drug-likeness (QED) is 0.702. The van der Waals surface area contributed by atoms with Crippen molar-refractivity contribution in [2.24, 2.45) is 11.8 Å². The van der Waals surface area contributed by atoms with Crippen molar-refractivity contribution in [3.05, 3.63) is 0 Å². The fourth-order valence-corrected chi connectivity index (χ4v) is 2.13. The van der Waals surface area contributed by atoms with Gasteiger partial charge in [0.25, 0.3) is 0 Å². The Kier molecular flexibility index (Phi) is 5.41. The largest absolute Gasteiger partial charge is 0.468 e. The first-order valence-electron chi connectivity index (χ1n) is 6.16. The molecule has 0 unspecified atom stereocenters. The van der Waals surface area contributed by atoms with Gasteiger partial charge < -0.3 is 15.0 Å². The Balaban J connectivity index is 2.62. The molecule has 0 aliphatic carbocycles. The lowest BCUT2D eigenvalue weighted by Gasteiger charge is -2.25. The standard InChI is InChI=1S/C12H22N2O3/c1-4-5-14(8-11(15)17-3)12(16)10-7-13-6-9(10)2/h9-10,13H,4-8H2,1-3H3/t9-,10-/m1/s1. The molecule has 1 fully saturated rings.